The summed E-state index contributed by atoms with van der Waals surface area (Å²) >= 11 is 8.16. The molecule has 0 aromatic heterocycles. The third-order valence-corrected chi connectivity index (χ3v) is 5.87. The summed E-state index contributed by atoms with van der Waals surface area (Å²) in [5.74, 6) is 0.715. The van der Waals surface area contributed by atoms with E-state index < -0.39 is 0 Å². The van der Waals surface area contributed by atoms with Crippen molar-refractivity contribution in [3.63, 3.8) is 0 Å². The molecule has 0 spiro atoms. The zero-order valence-electron chi connectivity index (χ0n) is 13.3. The summed E-state index contributed by atoms with van der Waals surface area (Å²) in [5.41, 5.74) is 2.00. The van der Waals surface area contributed by atoms with Gasteiger partial charge in [-0.1, -0.05) is 41.9 Å². The van der Waals surface area contributed by atoms with E-state index in [0.29, 0.717) is 11.7 Å². The molecule has 1 heterocycles. The molecule has 1 saturated heterocycles. The number of halogens is 2. The lowest BCUT2D eigenvalue weighted by atomic mass is 10.1. The molecular formula is C19H19ClFNOS. The lowest BCUT2D eigenvalue weighted by Crippen LogP contribution is -2.34. The molecule has 1 atom stereocenters. The van der Waals surface area contributed by atoms with Crippen molar-refractivity contribution >= 4 is 29.3 Å². The first-order valence-corrected chi connectivity index (χ1v) is 9.44. The van der Waals surface area contributed by atoms with Crippen LogP contribution in [-0.4, -0.2) is 29.6 Å². The van der Waals surface area contributed by atoms with Gasteiger partial charge >= 0.3 is 0 Å². The Morgan fingerprint density at radius 1 is 1.17 bits per heavy atom. The molecule has 1 fully saturated rings. The molecule has 1 aliphatic heterocycles. The summed E-state index contributed by atoms with van der Waals surface area (Å²) in [6.07, 6.45) is 1.21. The molecule has 0 bridgehead atoms. The third kappa shape index (κ3) is 4.31. The van der Waals surface area contributed by atoms with Gasteiger partial charge in [0.15, 0.2) is 0 Å². The van der Waals surface area contributed by atoms with Crippen LogP contribution in [0.2, 0.25) is 5.02 Å². The Morgan fingerprint density at radius 3 is 2.67 bits per heavy atom. The first-order valence-electron chi connectivity index (χ1n) is 8.02. The highest BCUT2D eigenvalue weighted by molar-refractivity contribution is 7.99. The van der Waals surface area contributed by atoms with Crippen LogP contribution in [0.25, 0.3) is 0 Å². The number of amides is 1. The molecule has 2 aromatic carbocycles. The highest BCUT2D eigenvalue weighted by atomic mass is 35.5. The number of hydrogen-bond donors (Lipinski definition) is 0. The Balaban J connectivity index is 1.61. The highest BCUT2D eigenvalue weighted by Gasteiger charge is 2.23. The molecule has 1 aliphatic rings. The van der Waals surface area contributed by atoms with E-state index in [1.165, 1.54) is 12.1 Å². The average Bonchev–Trinajstić information content (AvgIpc) is 2.83. The molecule has 5 heteroatoms. The fourth-order valence-electron chi connectivity index (χ4n) is 2.89. The molecule has 2 nitrogen and oxygen atoms in total. The van der Waals surface area contributed by atoms with Crippen LogP contribution in [0.15, 0.2) is 48.5 Å². The number of hydrogen-bond acceptors (Lipinski definition) is 2. The van der Waals surface area contributed by atoms with Gasteiger partial charge in [0.25, 0.3) is 0 Å². The van der Waals surface area contributed by atoms with E-state index in [1.807, 2.05) is 34.9 Å². The normalized spacial score (nSPS) is 18.2. The molecule has 0 aliphatic carbocycles. The van der Waals surface area contributed by atoms with Gasteiger partial charge in [-0.25, -0.2) is 4.39 Å². The summed E-state index contributed by atoms with van der Waals surface area (Å²) in [6, 6.07) is 14.1. The first kappa shape index (κ1) is 17.3. The van der Waals surface area contributed by atoms with Crippen molar-refractivity contribution in [1.82, 2.24) is 4.90 Å². The van der Waals surface area contributed by atoms with E-state index in [9.17, 15) is 9.18 Å². The van der Waals surface area contributed by atoms with Crippen LogP contribution in [0.1, 0.15) is 22.8 Å². The molecule has 1 amide bonds. The Bertz CT molecular complexity index is 707. The van der Waals surface area contributed by atoms with Crippen molar-refractivity contribution in [2.75, 3.05) is 18.8 Å². The second-order valence-corrected chi connectivity index (χ2v) is 7.57. The Morgan fingerprint density at radius 2 is 1.92 bits per heavy atom. The molecule has 0 saturated carbocycles. The summed E-state index contributed by atoms with van der Waals surface area (Å²) in [4.78, 5) is 14.4. The molecule has 1 unspecified atom stereocenters. The van der Waals surface area contributed by atoms with E-state index in [1.54, 1.807) is 12.1 Å². The van der Waals surface area contributed by atoms with Crippen LogP contribution in [0.4, 0.5) is 4.39 Å². The van der Waals surface area contributed by atoms with E-state index >= 15 is 0 Å². The monoisotopic (exact) mass is 363 g/mol. The molecule has 126 valence electrons. The summed E-state index contributed by atoms with van der Waals surface area (Å²) < 4.78 is 13.0. The van der Waals surface area contributed by atoms with Gasteiger partial charge in [0.2, 0.25) is 5.91 Å². The maximum Gasteiger partial charge on any atom is 0.227 e. The number of thioether (sulfide) groups is 1. The maximum atomic E-state index is 13.0. The summed E-state index contributed by atoms with van der Waals surface area (Å²) in [6.45, 7) is 1.47. The van der Waals surface area contributed by atoms with Gasteiger partial charge in [-0.3, -0.25) is 4.79 Å². The summed E-state index contributed by atoms with van der Waals surface area (Å²) in [7, 11) is 0. The minimum atomic E-state index is -0.278. The predicted octanol–water partition coefficient (Wildman–Crippen LogP) is 4.73. The zero-order chi connectivity index (χ0) is 16.9. The van der Waals surface area contributed by atoms with Crippen molar-refractivity contribution in [3.05, 3.63) is 70.5 Å². The van der Waals surface area contributed by atoms with Gasteiger partial charge in [-0.2, -0.15) is 11.8 Å². The Labute approximate surface area is 151 Å². The van der Waals surface area contributed by atoms with Crippen molar-refractivity contribution < 1.29 is 9.18 Å². The van der Waals surface area contributed by atoms with Gasteiger partial charge < -0.3 is 4.90 Å². The largest absolute Gasteiger partial charge is 0.342 e. The minimum absolute atomic E-state index is 0.0991. The SMILES string of the molecule is O=C(Cc1ccc(F)cc1)N1CCSC(c2ccccc2Cl)CC1. The van der Waals surface area contributed by atoms with Crippen LogP contribution in [-0.2, 0) is 11.2 Å². The van der Waals surface area contributed by atoms with E-state index in [-0.39, 0.29) is 11.7 Å². The van der Waals surface area contributed by atoms with E-state index in [0.717, 1.165) is 41.4 Å². The van der Waals surface area contributed by atoms with Crippen LogP contribution in [0.5, 0.6) is 0 Å². The number of benzene rings is 2. The fraction of sp³-hybridized carbons (Fsp3) is 0.316. The second kappa shape index (κ2) is 8.04. The molecule has 24 heavy (non-hydrogen) atoms. The van der Waals surface area contributed by atoms with Gasteiger partial charge in [-0.15, -0.1) is 0 Å². The Hall–Kier alpha value is -1.52. The third-order valence-electron chi connectivity index (χ3n) is 4.21. The van der Waals surface area contributed by atoms with Crippen molar-refractivity contribution in [1.29, 1.82) is 0 Å². The topological polar surface area (TPSA) is 20.3 Å². The van der Waals surface area contributed by atoms with Crippen LogP contribution in [0.3, 0.4) is 0 Å². The molecular weight excluding hydrogens is 345 g/mol. The van der Waals surface area contributed by atoms with Gasteiger partial charge in [0.05, 0.1) is 6.42 Å². The van der Waals surface area contributed by atoms with Gasteiger partial charge in [-0.05, 0) is 35.7 Å². The molecule has 2 aromatic rings. The molecule has 0 radical (unpaired) electrons. The number of carbonyl (C=O) groups excluding carboxylic acids is 1. The average molecular weight is 364 g/mol. The van der Waals surface area contributed by atoms with Crippen molar-refractivity contribution in [2.45, 2.75) is 18.1 Å². The fourth-order valence-corrected chi connectivity index (χ4v) is 4.49. The zero-order valence-corrected chi connectivity index (χ0v) is 14.8. The number of carbonyl (C=O) groups is 1. The highest BCUT2D eigenvalue weighted by Crippen LogP contribution is 2.37. The van der Waals surface area contributed by atoms with Crippen LogP contribution < -0.4 is 0 Å². The Kier molecular flexibility index (Phi) is 5.80. The molecule has 0 N–H and O–H groups in total. The minimum Gasteiger partial charge on any atom is -0.342 e. The maximum absolute atomic E-state index is 13.0. The van der Waals surface area contributed by atoms with E-state index in [4.69, 9.17) is 11.6 Å². The smallest absolute Gasteiger partial charge is 0.227 e. The molecule has 3 rings (SSSR count). The predicted molar refractivity (Wildman–Crippen MR) is 98.0 cm³/mol. The summed E-state index contributed by atoms with van der Waals surface area (Å²) in [5, 5.41) is 1.11. The van der Waals surface area contributed by atoms with E-state index in [2.05, 4.69) is 6.07 Å². The lowest BCUT2D eigenvalue weighted by molar-refractivity contribution is -0.130. The van der Waals surface area contributed by atoms with Crippen molar-refractivity contribution in [2.24, 2.45) is 0 Å². The van der Waals surface area contributed by atoms with Crippen molar-refractivity contribution in [3.8, 4) is 0 Å². The first-order chi connectivity index (χ1) is 11.6. The van der Waals surface area contributed by atoms with Crippen LogP contribution in [0, 0.1) is 5.82 Å². The van der Waals surface area contributed by atoms with Gasteiger partial charge in [0.1, 0.15) is 5.82 Å². The second-order valence-electron chi connectivity index (χ2n) is 5.85. The quantitative estimate of drug-likeness (QED) is 0.785. The number of nitrogens with zero attached hydrogens (tertiary/aromatic N) is 1. The number of rotatable bonds is 3. The standard InChI is InChI=1S/C19H19ClFNOS/c20-17-4-2-1-3-16(17)18-9-10-22(11-12-24-18)19(23)13-14-5-7-15(21)8-6-14/h1-8,18H,9-13H2. The lowest BCUT2D eigenvalue weighted by Gasteiger charge is -2.20. The van der Waals surface area contributed by atoms with Crippen LogP contribution >= 0.6 is 23.4 Å². The van der Waals surface area contributed by atoms with Gasteiger partial charge in [0, 0.05) is 29.1 Å².